The van der Waals surface area contributed by atoms with Crippen molar-refractivity contribution in [1.82, 2.24) is 4.98 Å². The summed E-state index contributed by atoms with van der Waals surface area (Å²) in [6.45, 7) is 0.638. The molecule has 3 aromatic rings. The predicted octanol–water partition coefficient (Wildman–Crippen LogP) is 4.74. The van der Waals surface area contributed by atoms with Crippen molar-refractivity contribution in [2.45, 2.75) is 6.54 Å². The summed E-state index contributed by atoms with van der Waals surface area (Å²) in [6.07, 6.45) is 1.56. The number of hydrogen-bond donors (Lipinski definition) is 2. The van der Waals surface area contributed by atoms with Gasteiger partial charge in [0.25, 0.3) is 5.91 Å². The smallest absolute Gasteiger partial charge is 0.274 e. The van der Waals surface area contributed by atoms with Crippen LogP contribution in [-0.2, 0) is 6.54 Å². The Bertz CT molecular complexity index is 887. The third kappa shape index (κ3) is 4.55. The van der Waals surface area contributed by atoms with Gasteiger partial charge in [0.15, 0.2) is 0 Å². The van der Waals surface area contributed by atoms with Gasteiger partial charge in [-0.05, 0) is 35.9 Å². The normalized spacial score (nSPS) is 10.3. The van der Waals surface area contributed by atoms with Gasteiger partial charge in [0.2, 0.25) is 0 Å². The van der Waals surface area contributed by atoms with Crippen LogP contribution in [0.1, 0.15) is 16.1 Å². The Balaban J connectivity index is 1.67. The van der Waals surface area contributed by atoms with E-state index >= 15 is 0 Å². The summed E-state index contributed by atoms with van der Waals surface area (Å²) >= 11 is 5.72. The number of carbonyl (C=O) groups is 1. The molecule has 0 unspecified atom stereocenters. The molecule has 0 aliphatic carbocycles. The van der Waals surface area contributed by atoms with Crippen LogP contribution >= 0.6 is 11.6 Å². The molecule has 0 spiro atoms. The van der Waals surface area contributed by atoms with E-state index in [9.17, 15) is 9.18 Å². The molecule has 6 heteroatoms. The van der Waals surface area contributed by atoms with E-state index < -0.39 is 11.7 Å². The lowest BCUT2D eigenvalue weighted by Crippen LogP contribution is -2.14. The van der Waals surface area contributed by atoms with Crippen LogP contribution in [0.2, 0.25) is 5.02 Å². The highest BCUT2D eigenvalue weighted by molar-refractivity contribution is 6.31. The van der Waals surface area contributed by atoms with Crippen molar-refractivity contribution in [2.75, 3.05) is 10.6 Å². The third-order valence-corrected chi connectivity index (χ3v) is 3.80. The van der Waals surface area contributed by atoms with Crippen LogP contribution in [0.25, 0.3) is 0 Å². The monoisotopic (exact) mass is 355 g/mol. The number of amides is 1. The molecule has 3 rings (SSSR count). The predicted molar refractivity (Wildman–Crippen MR) is 97.4 cm³/mol. The van der Waals surface area contributed by atoms with Gasteiger partial charge >= 0.3 is 0 Å². The first-order valence-corrected chi connectivity index (χ1v) is 8.00. The van der Waals surface area contributed by atoms with E-state index in [0.717, 1.165) is 11.3 Å². The molecule has 0 aliphatic heterocycles. The first-order chi connectivity index (χ1) is 12.1. The minimum atomic E-state index is -0.537. The Morgan fingerprint density at radius 3 is 2.60 bits per heavy atom. The van der Waals surface area contributed by atoms with Crippen LogP contribution in [0.15, 0.2) is 66.9 Å². The Morgan fingerprint density at radius 1 is 1.04 bits per heavy atom. The maximum Gasteiger partial charge on any atom is 0.274 e. The summed E-state index contributed by atoms with van der Waals surface area (Å²) in [4.78, 5) is 16.4. The van der Waals surface area contributed by atoms with Crippen molar-refractivity contribution >= 4 is 28.9 Å². The molecule has 0 radical (unpaired) electrons. The second-order valence-electron chi connectivity index (χ2n) is 5.35. The fourth-order valence-electron chi connectivity index (χ4n) is 2.23. The van der Waals surface area contributed by atoms with Gasteiger partial charge in [0.1, 0.15) is 11.5 Å². The number of anilines is 2. The summed E-state index contributed by atoms with van der Waals surface area (Å²) in [6, 6.07) is 17.4. The van der Waals surface area contributed by atoms with Crippen LogP contribution in [-0.4, -0.2) is 10.9 Å². The molecule has 0 saturated carbocycles. The lowest BCUT2D eigenvalue weighted by Gasteiger charge is -2.09. The summed E-state index contributed by atoms with van der Waals surface area (Å²) in [5.74, 6) is -0.934. The van der Waals surface area contributed by atoms with Crippen LogP contribution in [0, 0.1) is 5.82 Å². The Labute approximate surface area is 149 Å². The van der Waals surface area contributed by atoms with E-state index in [1.165, 1.54) is 18.2 Å². The zero-order valence-electron chi connectivity index (χ0n) is 13.2. The molecule has 0 saturated heterocycles. The molecular formula is C19H15ClFN3O. The minimum Gasteiger partial charge on any atom is -0.381 e. The number of halogens is 2. The second-order valence-corrected chi connectivity index (χ2v) is 5.76. The largest absolute Gasteiger partial charge is 0.381 e. The van der Waals surface area contributed by atoms with Gasteiger partial charge in [0, 0.05) is 24.1 Å². The summed E-state index contributed by atoms with van der Waals surface area (Å²) in [5, 5.41) is 5.84. The van der Waals surface area contributed by atoms with Gasteiger partial charge in [-0.3, -0.25) is 9.78 Å². The molecule has 0 fully saturated rings. The van der Waals surface area contributed by atoms with Gasteiger partial charge in [0.05, 0.1) is 5.02 Å². The van der Waals surface area contributed by atoms with Gasteiger partial charge < -0.3 is 10.6 Å². The summed E-state index contributed by atoms with van der Waals surface area (Å²) in [7, 11) is 0. The van der Waals surface area contributed by atoms with Crippen LogP contribution in [0.4, 0.5) is 15.8 Å². The molecule has 0 aliphatic rings. The number of nitrogens with zero attached hydrogens (tertiary/aromatic N) is 1. The van der Waals surface area contributed by atoms with E-state index in [-0.39, 0.29) is 10.7 Å². The maximum atomic E-state index is 13.2. The average Bonchev–Trinajstić information content (AvgIpc) is 2.64. The zero-order valence-corrected chi connectivity index (χ0v) is 13.9. The lowest BCUT2D eigenvalue weighted by atomic mass is 10.2. The van der Waals surface area contributed by atoms with Crippen LogP contribution < -0.4 is 10.6 Å². The van der Waals surface area contributed by atoms with Crippen molar-refractivity contribution in [3.8, 4) is 0 Å². The number of benzene rings is 2. The Kier molecular flexibility index (Phi) is 5.26. The minimum absolute atomic E-state index is 0.0518. The summed E-state index contributed by atoms with van der Waals surface area (Å²) in [5.41, 5.74) is 2.56. The molecule has 2 N–H and O–H groups in total. The number of hydrogen-bond acceptors (Lipinski definition) is 3. The van der Waals surface area contributed by atoms with E-state index in [2.05, 4.69) is 15.6 Å². The number of carbonyl (C=O) groups excluding carboxylic acids is 1. The molecule has 4 nitrogen and oxygen atoms in total. The van der Waals surface area contributed by atoms with Crippen molar-refractivity contribution in [1.29, 1.82) is 0 Å². The molecule has 2 aromatic carbocycles. The van der Waals surface area contributed by atoms with Gasteiger partial charge in [-0.2, -0.15) is 0 Å². The van der Waals surface area contributed by atoms with Gasteiger partial charge in [-0.25, -0.2) is 4.39 Å². The molecule has 1 aromatic heterocycles. The summed E-state index contributed by atoms with van der Waals surface area (Å²) < 4.78 is 13.2. The van der Waals surface area contributed by atoms with E-state index in [4.69, 9.17) is 11.6 Å². The van der Waals surface area contributed by atoms with Gasteiger partial charge in [-0.15, -0.1) is 0 Å². The quantitative estimate of drug-likeness (QED) is 0.695. The number of pyridine rings is 1. The number of aromatic nitrogens is 1. The number of rotatable bonds is 5. The van der Waals surface area contributed by atoms with Crippen molar-refractivity contribution < 1.29 is 9.18 Å². The first kappa shape index (κ1) is 16.9. The van der Waals surface area contributed by atoms with E-state index in [1.807, 2.05) is 30.3 Å². The molecule has 1 heterocycles. The van der Waals surface area contributed by atoms with E-state index in [0.29, 0.717) is 12.2 Å². The van der Waals surface area contributed by atoms with Crippen LogP contribution in [0.5, 0.6) is 0 Å². The lowest BCUT2D eigenvalue weighted by molar-refractivity contribution is 0.102. The fraction of sp³-hybridized carbons (Fsp3) is 0.0526. The highest BCUT2D eigenvalue weighted by Crippen LogP contribution is 2.20. The topological polar surface area (TPSA) is 54.0 Å². The van der Waals surface area contributed by atoms with Gasteiger partial charge in [-0.1, -0.05) is 41.9 Å². The highest BCUT2D eigenvalue weighted by Gasteiger charge is 2.10. The highest BCUT2D eigenvalue weighted by atomic mass is 35.5. The number of nitrogens with one attached hydrogen (secondary N) is 2. The molecule has 25 heavy (non-hydrogen) atoms. The fourth-order valence-corrected chi connectivity index (χ4v) is 2.41. The van der Waals surface area contributed by atoms with Crippen molar-refractivity contribution in [2.24, 2.45) is 0 Å². The maximum absolute atomic E-state index is 13.2. The Hall–Kier alpha value is -2.92. The van der Waals surface area contributed by atoms with E-state index in [1.54, 1.807) is 18.3 Å². The van der Waals surface area contributed by atoms with Crippen LogP contribution in [0.3, 0.4) is 0 Å². The van der Waals surface area contributed by atoms with Crippen molar-refractivity contribution in [3.63, 3.8) is 0 Å². The molecule has 126 valence electrons. The average molecular weight is 356 g/mol. The standard InChI is InChI=1S/C19H15ClFN3O/c20-16-10-15(6-7-17(16)21)24-19(25)18-11-14(8-9-22-18)23-12-13-4-2-1-3-5-13/h1-11H,12H2,(H,22,23)(H,24,25). The zero-order chi connectivity index (χ0) is 17.6. The third-order valence-electron chi connectivity index (χ3n) is 3.51. The Morgan fingerprint density at radius 2 is 1.84 bits per heavy atom. The van der Waals surface area contributed by atoms with Crippen molar-refractivity contribution in [3.05, 3.63) is 89.0 Å². The second kappa shape index (κ2) is 7.77. The molecule has 1 amide bonds. The molecular weight excluding hydrogens is 341 g/mol. The first-order valence-electron chi connectivity index (χ1n) is 7.62. The SMILES string of the molecule is O=C(Nc1ccc(F)c(Cl)c1)c1cc(NCc2ccccc2)ccn1. The molecule has 0 atom stereocenters. The molecule has 0 bridgehead atoms.